The number of fused-ring (bicyclic) bond motifs is 1. The maximum Gasteiger partial charge on any atom is 0.339 e. The first-order valence-electron chi connectivity index (χ1n) is 9.98. The van der Waals surface area contributed by atoms with E-state index in [1.807, 2.05) is 25.1 Å². The quantitative estimate of drug-likeness (QED) is 0.300. The summed E-state index contributed by atoms with van der Waals surface area (Å²) in [6.45, 7) is 4.00. The molecule has 1 atom stereocenters. The molecule has 0 amide bonds. The van der Waals surface area contributed by atoms with Crippen LogP contribution in [0, 0.1) is 0 Å². The number of nitrogens with zero attached hydrogens (tertiary/aromatic N) is 1. The number of benzene rings is 2. The Labute approximate surface area is 179 Å². The van der Waals surface area contributed by atoms with Gasteiger partial charge in [0.05, 0.1) is 24.0 Å². The number of rotatable bonds is 7. The zero-order chi connectivity index (χ0) is 21.8. The normalized spacial score (nSPS) is 11.8. The Morgan fingerprint density at radius 3 is 2.52 bits per heavy atom. The number of Topliss-reactive ketones (excluding diaryl/α,β-unsaturated/α-hetero) is 1. The molecule has 0 N–H and O–H groups in total. The molecule has 0 spiro atoms. The van der Waals surface area contributed by atoms with Crippen molar-refractivity contribution in [2.75, 3.05) is 6.61 Å². The van der Waals surface area contributed by atoms with Crippen molar-refractivity contribution in [3.8, 4) is 17.2 Å². The highest BCUT2D eigenvalue weighted by atomic mass is 16.5. The number of hydrogen-bond donors (Lipinski definition) is 0. The molecular formula is C25H21NO5. The predicted octanol–water partition coefficient (Wildman–Crippen LogP) is 5.32. The fraction of sp³-hybridized carbons (Fsp3) is 0.160. The topological polar surface area (TPSA) is 78.6 Å². The van der Waals surface area contributed by atoms with E-state index in [1.165, 1.54) is 0 Å². The molecule has 156 valence electrons. The summed E-state index contributed by atoms with van der Waals surface area (Å²) in [5.41, 5.74) is 1.91. The number of pyridine rings is 1. The Balaban J connectivity index is 1.59. The summed E-state index contributed by atoms with van der Waals surface area (Å²) in [4.78, 5) is 30.3. The van der Waals surface area contributed by atoms with Crippen molar-refractivity contribution in [2.24, 2.45) is 0 Å². The molecule has 0 unspecified atom stereocenters. The molecule has 2 aromatic heterocycles. The molecular weight excluding hydrogens is 394 g/mol. The Hall–Kier alpha value is -3.93. The molecule has 0 saturated carbocycles. The van der Waals surface area contributed by atoms with Crippen LogP contribution in [0.2, 0.25) is 0 Å². The second-order valence-electron chi connectivity index (χ2n) is 6.92. The number of ether oxygens (including phenoxy) is 2. The van der Waals surface area contributed by atoms with Crippen molar-refractivity contribution in [3.63, 3.8) is 0 Å². The molecule has 4 rings (SSSR count). The molecule has 6 heteroatoms. The van der Waals surface area contributed by atoms with Crippen LogP contribution in [-0.4, -0.2) is 29.4 Å². The molecule has 0 aliphatic heterocycles. The standard InChI is InChI=1S/C25H21NO5/c1-3-29-18-12-10-17(11-13-18)24(27)16(2)31-25(28)20-15-22(23-9-6-14-30-23)26-21-8-5-4-7-19(20)21/h4-16H,3H2,1-2H3/t16-/m0/s1. The average Bonchev–Trinajstić information content (AvgIpc) is 3.33. The van der Waals surface area contributed by atoms with Crippen molar-refractivity contribution >= 4 is 22.7 Å². The zero-order valence-electron chi connectivity index (χ0n) is 17.2. The van der Waals surface area contributed by atoms with Crippen molar-refractivity contribution in [3.05, 3.63) is 84.1 Å². The minimum absolute atomic E-state index is 0.291. The van der Waals surface area contributed by atoms with Gasteiger partial charge in [-0.05, 0) is 62.4 Å². The van der Waals surface area contributed by atoms with Gasteiger partial charge in [0.1, 0.15) is 11.4 Å². The minimum atomic E-state index is -0.954. The van der Waals surface area contributed by atoms with Gasteiger partial charge in [-0.15, -0.1) is 0 Å². The zero-order valence-corrected chi connectivity index (χ0v) is 17.2. The summed E-state index contributed by atoms with van der Waals surface area (Å²) in [7, 11) is 0. The van der Waals surface area contributed by atoms with Gasteiger partial charge in [-0.2, -0.15) is 0 Å². The predicted molar refractivity (Wildman–Crippen MR) is 116 cm³/mol. The minimum Gasteiger partial charge on any atom is -0.494 e. The number of esters is 1. The van der Waals surface area contributed by atoms with E-state index in [2.05, 4.69) is 4.98 Å². The summed E-state index contributed by atoms with van der Waals surface area (Å²) in [5, 5.41) is 0.642. The number of furan rings is 1. The second kappa shape index (κ2) is 8.83. The monoisotopic (exact) mass is 415 g/mol. The van der Waals surface area contributed by atoms with Crippen LogP contribution in [0.25, 0.3) is 22.4 Å². The first kappa shape index (κ1) is 20.3. The van der Waals surface area contributed by atoms with E-state index in [9.17, 15) is 9.59 Å². The molecule has 2 heterocycles. The summed E-state index contributed by atoms with van der Waals surface area (Å²) in [6, 6.07) is 19.2. The third-order valence-corrected chi connectivity index (χ3v) is 4.81. The highest BCUT2D eigenvalue weighted by Crippen LogP contribution is 2.26. The van der Waals surface area contributed by atoms with E-state index >= 15 is 0 Å². The van der Waals surface area contributed by atoms with Crippen LogP contribution in [0.5, 0.6) is 5.75 Å². The van der Waals surface area contributed by atoms with Crippen molar-refractivity contribution in [2.45, 2.75) is 20.0 Å². The van der Waals surface area contributed by atoms with Gasteiger partial charge in [0.15, 0.2) is 11.9 Å². The first-order valence-corrected chi connectivity index (χ1v) is 9.98. The Morgan fingerprint density at radius 2 is 1.81 bits per heavy atom. The lowest BCUT2D eigenvalue weighted by atomic mass is 10.1. The number of hydrogen-bond acceptors (Lipinski definition) is 6. The molecule has 0 aliphatic rings. The van der Waals surface area contributed by atoms with Crippen LogP contribution in [-0.2, 0) is 4.74 Å². The third-order valence-electron chi connectivity index (χ3n) is 4.81. The molecule has 0 aliphatic carbocycles. The van der Waals surface area contributed by atoms with Crippen LogP contribution in [0.3, 0.4) is 0 Å². The van der Waals surface area contributed by atoms with E-state index < -0.39 is 12.1 Å². The van der Waals surface area contributed by atoms with Crippen molar-refractivity contribution in [1.29, 1.82) is 0 Å². The fourth-order valence-corrected chi connectivity index (χ4v) is 3.29. The number of carbonyl (C=O) groups excluding carboxylic acids is 2. The van der Waals surface area contributed by atoms with Gasteiger partial charge < -0.3 is 13.9 Å². The molecule has 2 aromatic carbocycles. The SMILES string of the molecule is CCOc1ccc(C(=O)[C@H](C)OC(=O)c2cc(-c3ccco3)nc3ccccc23)cc1. The highest BCUT2D eigenvalue weighted by molar-refractivity contribution is 6.06. The van der Waals surface area contributed by atoms with Crippen LogP contribution in [0.1, 0.15) is 34.6 Å². The number of aromatic nitrogens is 1. The number of carbonyl (C=O) groups is 2. The fourth-order valence-electron chi connectivity index (χ4n) is 3.29. The molecule has 0 fully saturated rings. The lowest BCUT2D eigenvalue weighted by molar-refractivity contribution is 0.0320. The van der Waals surface area contributed by atoms with Crippen LogP contribution in [0.4, 0.5) is 0 Å². The molecule has 6 nitrogen and oxygen atoms in total. The van der Waals surface area contributed by atoms with Crippen molar-refractivity contribution < 1.29 is 23.5 Å². The third kappa shape index (κ3) is 4.33. The lowest BCUT2D eigenvalue weighted by Gasteiger charge is -2.14. The highest BCUT2D eigenvalue weighted by Gasteiger charge is 2.23. The van der Waals surface area contributed by atoms with Gasteiger partial charge >= 0.3 is 5.97 Å². The van der Waals surface area contributed by atoms with Crippen LogP contribution in [0.15, 0.2) is 77.4 Å². The maximum atomic E-state index is 13.0. The van der Waals surface area contributed by atoms with Gasteiger partial charge in [0.2, 0.25) is 5.78 Å². The second-order valence-corrected chi connectivity index (χ2v) is 6.92. The Kier molecular flexibility index (Phi) is 5.80. The van der Waals surface area contributed by atoms with Gasteiger partial charge in [-0.3, -0.25) is 4.79 Å². The molecule has 0 radical (unpaired) electrons. The average molecular weight is 415 g/mol. The van der Waals surface area contributed by atoms with Gasteiger partial charge in [0.25, 0.3) is 0 Å². The van der Waals surface area contributed by atoms with E-state index in [-0.39, 0.29) is 5.78 Å². The van der Waals surface area contributed by atoms with Gasteiger partial charge in [-0.25, -0.2) is 9.78 Å². The molecule has 31 heavy (non-hydrogen) atoms. The van der Waals surface area contributed by atoms with Crippen LogP contribution < -0.4 is 4.74 Å². The van der Waals surface area contributed by atoms with Crippen LogP contribution >= 0.6 is 0 Å². The molecule has 4 aromatic rings. The first-order chi connectivity index (χ1) is 15.1. The summed E-state index contributed by atoms with van der Waals surface area (Å²) < 4.78 is 16.4. The van der Waals surface area contributed by atoms with E-state index in [1.54, 1.807) is 61.7 Å². The number of para-hydroxylation sites is 1. The van der Waals surface area contributed by atoms with E-state index in [4.69, 9.17) is 13.9 Å². The molecule has 0 bridgehead atoms. The summed E-state index contributed by atoms with van der Waals surface area (Å²) in [5.74, 6) is 0.329. The van der Waals surface area contributed by atoms with Gasteiger partial charge in [0, 0.05) is 10.9 Å². The summed E-state index contributed by atoms with van der Waals surface area (Å²) in [6.07, 6.45) is 0.589. The maximum absolute atomic E-state index is 13.0. The van der Waals surface area contributed by atoms with E-state index in [0.29, 0.717) is 45.8 Å². The Bertz CT molecular complexity index is 1210. The molecule has 0 saturated heterocycles. The number of ketones is 1. The van der Waals surface area contributed by atoms with Gasteiger partial charge in [-0.1, -0.05) is 18.2 Å². The van der Waals surface area contributed by atoms with E-state index in [0.717, 1.165) is 0 Å². The Morgan fingerprint density at radius 1 is 1.03 bits per heavy atom. The summed E-state index contributed by atoms with van der Waals surface area (Å²) >= 11 is 0. The largest absolute Gasteiger partial charge is 0.494 e. The van der Waals surface area contributed by atoms with Crippen molar-refractivity contribution in [1.82, 2.24) is 4.98 Å². The lowest BCUT2D eigenvalue weighted by Crippen LogP contribution is -2.24. The smallest absolute Gasteiger partial charge is 0.339 e.